The lowest BCUT2D eigenvalue weighted by Crippen LogP contribution is -2.29. The van der Waals surface area contributed by atoms with Crippen LogP contribution in [0.15, 0.2) is 60.7 Å². The maximum atomic E-state index is 3.74. The van der Waals surface area contributed by atoms with E-state index in [-0.39, 0.29) is 0 Å². The predicted molar refractivity (Wildman–Crippen MR) is 167 cm³/mol. The molecule has 0 heterocycles. The van der Waals surface area contributed by atoms with Crippen LogP contribution in [0.5, 0.6) is 0 Å². The largest absolute Gasteiger partial charge is 0.138 e. The molecule has 4 aromatic rings. The highest BCUT2D eigenvalue weighted by Gasteiger charge is 2.24. The van der Waals surface area contributed by atoms with Gasteiger partial charge in [0.1, 0.15) is 16.1 Å². The highest BCUT2D eigenvalue weighted by molar-refractivity contribution is 6.87. The lowest BCUT2D eigenvalue weighted by atomic mass is 9.95. The molecule has 0 aliphatic carbocycles. The van der Waals surface area contributed by atoms with Gasteiger partial charge in [0, 0.05) is 11.1 Å². The first kappa shape index (κ1) is 26.3. The van der Waals surface area contributed by atoms with Gasteiger partial charge in [0.05, 0.1) is 0 Å². The van der Waals surface area contributed by atoms with Crippen molar-refractivity contribution in [1.29, 1.82) is 0 Å². The van der Waals surface area contributed by atoms with Crippen molar-refractivity contribution in [2.45, 2.75) is 77.8 Å². The Balaban J connectivity index is 1.75. The Kier molecular flexibility index (Phi) is 8.09. The summed E-state index contributed by atoms with van der Waals surface area (Å²) in [5, 5.41) is 7.77. The van der Waals surface area contributed by atoms with Crippen LogP contribution in [0.1, 0.15) is 52.7 Å². The molecule has 0 atom stereocenters. The van der Waals surface area contributed by atoms with Crippen molar-refractivity contribution in [2.24, 2.45) is 0 Å². The van der Waals surface area contributed by atoms with Crippen LogP contribution < -0.4 is 0 Å². The maximum absolute atomic E-state index is 3.74. The minimum Gasteiger partial charge on any atom is -0.126 e. The molecule has 0 nitrogen and oxygen atoms in total. The van der Waals surface area contributed by atoms with Gasteiger partial charge in [0.2, 0.25) is 0 Å². The Morgan fingerprint density at radius 2 is 0.778 bits per heavy atom. The summed E-state index contributed by atoms with van der Waals surface area (Å²) in [4.78, 5) is 0. The van der Waals surface area contributed by atoms with Gasteiger partial charge < -0.3 is 0 Å². The summed E-state index contributed by atoms with van der Waals surface area (Å²) in [6.45, 7) is 13.9. The van der Waals surface area contributed by atoms with Crippen molar-refractivity contribution in [3.05, 3.63) is 71.8 Å². The number of hydrogen-bond donors (Lipinski definition) is 0. The van der Waals surface area contributed by atoms with Gasteiger partial charge in [-0.15, -0.1) is 11.1 Å². The van der Waals surface area contributed by atoms with Gasteiger partial charge >= 0.3 is 0 Å². The molecule has 0 radical (unpaired) electrons. The van der Waals surface area contributed by atoms with Gasteiger partial charge in [-0.05, 0) is 92.8 Å². The first-order valence-corrected chi connectivity index (χ1v) is 19.2. The van der Waals surface area contributed by atoms with Crippen LogP contribution in [0.25, 0.3) is 32.3 Å². The van der Waals surface area contributed by atoms with Gasteiger partial charge in [0.25, 0.3) is 0 Å². The summed E-state index contributed by atoms with van der Waals surface area (Å²) >= 11 is 0. The van der Waals surface area contributed by atoms with E-state index in [1.165, 1.54) is 68.6 Å². The number of fused-ring (bicyclic) bond motifs is 5. The zero-order valence-electron chi connectivity index (χ0n) is 23.0. The van der Waals surface area contributed by atoms with Gasteiger partial charge in [-0.2, -0.15) is 0 Å². The average Bonchev–Trinajstić information content (AvgIpc) is 2.94. The van der Waals surface area contributed by atoms with E-state index in [9.17, 15) is 0 Å². The Morgan fingerprint density at radius 3 is 1.11 bits per heavy atom. The Labute approximate surface area is 220 Å². The molecule has 0 aliphatic heterocycles. The normalized spacial score (nSPS) is 11.8. The van der Waals surface area contributed by atoms with E-state index in [4.69, 9.17) is 0 Å². The molecule has 0 amide bonds. The minimum absolute atomic E-state index is 1.14. The molecule has 0 unspecified atom stereocenters. The van der Waals surface area contributed by atoms with Crippen LogP contribution in [-0.4, -0.2) is 16.1 Å². The van der Waals surface area contributed by atoms with E-state index in [1.807, 2.05) is 0 Å². The molecule has 0 bridgehead atoms. The molecule has 0 fully saturated rings. The highest BCUT2D eigenvalue weighted by atomic mass is 28.3. The summed E-state index contributed by atoms with van der Waals surface area (Å²) < 4.78 is 0. The smallest absolute Gasteiger partial charge is 0.126 e. The molecule has 0 saturated carbocycles. The average molecular weight is 505 g/mol. The van der Waals surface area contributed by atoms with E-state index < -0.39 is 16.1 Å². The van der Waals surface area contributed by atoms with Crippen LogP contribution in [0.3, 0.4) is 0 Å². The summed E-state index contributed by atoms with van der Waals surface area (Å²) in [7, 11) is -2.88. The van der Waals surface area contributed by atoms with Gasteiger partial charge in [-0.25, -0.2) is 0 Å². The SMILES string of the molecule is CC[Si](C#Cc1ccc2c(ccc3c4ccc(C#C[Si](CC)(CC)CC)cc4ccc23)c1)(CC)CC. The van der Waals surface area contributed by atoms with Crippen molar-refractivity contribution in [3.63, 3.8) is 0 Å². The van der Waals surface area contributed by atoms with Crippen LogP contribution in [0.2, 0.25) is 36.3 Å². The zero-order valence-corrected chi connectivity index (χ0v) is 25.0. The van der Waals surface area contributed by atoms with E-state index in [0.29, 0.717) is 0 Å². The number of hydrogen-bond acceptors (Lipinski definition) is 0. The third-order valence-corrected chi connectivity index (χ3v) is 18.3. The van der Waals surface area contributed by atoms with Crippen LogP contribution in [-0.2, 0) is 0 Å². The van der Waals surface area contributed by atoms with Crippen molar-refractivity contribution in [3.8, 4) is 22.9 Å². The molecule has 0 aliphatic rings. The zero-order chi connectivity index (χ0) is 25.8. The van der Waals surface area contributed by atoms with Crippen molar-refractivity contribution in [2.75, 3.05) is 0 Å². The van der Waals surface area contributed by atoms with Crippen molar-refractivity contribution < 1.29 is 0 Å². The molecular weight excluding hydrogens is 465 g/mol. The summed E-state index contributed by atoms with van der Waals surface area (Å²) in [5.74, 6) is 7.10. The molecule has 0 aromatic heterocycles. The van der Waals surface area contributed by atoms with E-state index in [1.54, 1.807) is 0 Å². The van der Waals surface area contributed by atoms with Crippen LogP contribution >= 0.6 is 0 Å². The second-order valence-corrected chi connectivity index (χ2v) is 20.1. The quantitative estimate of drug-likeness (QED) is 0.139. The molecule has 4 rings (SSSR count). The molecule has 4 aromatic carbocycles. The summed E-state index contributed by atoms with van der Waals surface area (Å²) in [6.07, 6.45) is 0. The van der Waals surface area contributed by atoms with E-state index in [2.05, 4.69) is 125 Å². The molecule has 0 N–H and O–H groups in total. The fourth-order valence-electron chi connectivity index (χ4n) is 5.48. The van der Waals surface area contributed by atoms with Gasteiger partial charge in [-0.3, -0.25) is 0 Å². The third kappa shape index (κ3) is 5.04. The maximum Gasteiger partial charge on any atom is 0.138 e. The van der Waals surface area contributed by atoms with Gasteiger partial charge in [-0.1, -0.05) is 89.8 Å². The second-order valence-electron chi connectivity index (χ2n) is 10.3. The first-order valence-electron chi connectivity index (χ1n) is 13.9. The topological polar surface area (TPSA) is 0 Å². The summed E-state index contributed by atoms with van der Waals surface area (Å²) in [6, 6.07) is 30.1. The fraction of sp³-hybridized carbons (Fsp3) is 0.353. The highest BCUT2D eigenvalue weighted by Crippen LogP contribution is 2.32. The number of rotatable bonds is 6. The second kappa shape index (κ2) is 11.1. The molecule has 36 heavy (non-hydrogen) atoms. The van der Waals surface area contributed by atoms with E-state index in [0.717, 1.165) is 11.1 Å². The van der Waals surface area contributed by atoms with Gasteiger partial charge in [0.15, 0.2) is 0 Å². The van der Waals surface area contributed by atoms with Crippen molar-refractivity contribution in [1.82, 2.24) is 0 Å². The first-order chi connectivity index (χ1) is 17.5. The molecule has 0 spiro atoms. The molecule has 184 valence electrons. The van der Waals surface area contributed by atoms with Crippen LogP contribution in [0.4, 0.5) is 0 Å². The Hall–Kier alpha value is -2.79. The van der Waals surface area contributed by atoms with E-state index >= 15 is 0 Å². The lowest BCUT2D eigenvalue weighted by molar-refractivity contribution is 1.20. The molecule has 0 saturated heterocycles. The lowest BCUT2D eigenvalue weighted by Gasteiger charge is -2.20. The Morgan fingerprint density at radius 1 is 0.444 bits per heavy atom. The van der Waals surface area contributed by atoms with Crippen LogP contribution in [0, 0.1) is 22.9 Å². The fourth-order valence-corrected chi connectivity index (χ4v) is 10.4. The standard InChI is InChI=1S/C34H40Si2/c1-7-35(8-2,9-3)23-21-27-13-17-31-29(25-27)15-19-34-32-18-14-28(26-30(32)16-20-33(31)34)22-24-36(10-4,11-5)12-6/h13-20,25-26H,7-12H2,1-6H3. The third-order valence-electron chi connectivity index (χ3n) is 8.84. The Bertz CT molecular complexity index is 1380. The van der Waals surface area contributed by atoms with Crippen molar-refractivity contribution >= 4 is 48.5 Å². The molecule has 2 heteroatoms. The number of benzene rings is 4. The molecular formula is C34H40Si2. The minimum atomic E-state index is -1.44. The monoisotopic (exact) mass is 504 g/mol. The predicted octanol–water partition coefficient (Wildman–Crippen LogP) is 9.94. The summed E-state index contributed by atoms with van der Waals surface area (Å²) in [5.41, 5.74) is 9.77.